The number of aryl methyl sites for hydroxylation is 3. The molecule has 4 heteroatoms. The van der Waals surface area contributed by atoms with Gasteiger partial charge in [0, 0.05) is 6.92 Å². The van der Waals surface area contributed by atoms with E-state index in [9.17, 15) is 0 Å². The van der Waals surface area contributed by atoms with Crippen molar-refractivity contribution in [3.63, 3.8) is 0 Å². The van der Waals surface area contributed by atoms with Gasteiger partial charge in [-0.25, -0.2) is 0 Å². The van der Waals surface area contributed by atoms with Crippen molar-refractivity contribution in [3.05, 3.63) is 57.6 Å². The van der Waals surface area contributed by atoms with Crippen molar-refractivity contribution in [1.29, 1.82) is 0 Å². The number of hydrogen-bond acceptors (Lipinski definition) is 3. The fraction of sp³-hybridized carbons (Fsp3) is 0.278. The molecular formula is C18H19ClO2S. The first-order valence-corrected chi connectivity index (χ1v) is 7.83. The van der Waals surface area contributed by atoms with E-state index >= 15 is 0 Å². The Morgan fingerprint density at radius 3 is 2.41 bits per heavy atom. The maximum absolute atomic E-state index is 6.27. The summed E-state index contributed by atoms with van der Waals surface area (Å²) in [7, 11) is 0. The van der Waals surface area contributed by atoms with Crippen molar-refractivity contribution in [1.82, 2.24) is 0 Å². The maximum atomic E-state index is 6.27. The zero-order chi connectivity index (χ0) is 16.3. The van der Waals surface area contributed by atoms with E-state index in [1.165, 1.54) is 11.1 Å². The summed E-state index contributed by atoms with van der Waals surface area (Å²) in [5.74, 6) is 1.49. The summed E-state index contributed by atoms with van der Waals surface area (Å²) in [5, 5.41) is 1.06. The van der Waals surface area contributed by atoms with Gasteiger partial charge in [-0.15, -0.1) is 0 Å². The van der Waals surface area contributed by atoms with Gasteiger partial charge in [0.2, 0.25) is 0 Å². The van der Waals surface area contributed by atoms with Crippen molar-refractivity contribution in [3.8, 4) is 11.5 Å². The molecule has 22 heavy (non-hydrogen) atoms. The predicted molar refractivity (Wildman–Crippen MR) is 95.3 cm³/mol. The van der Waals surface area contributed by atoms with E-state index in [-0.39, 0.29) is 0 Å². The first kappa shape index (κ1) is 16.8. The number of hydrogen-bond donors (Lipinski definition) is 0. The largest absolute Gasteiger partial charge is 0.488 e. The van der Waals surface area contributed by atoms with Crippen LogP contribution in [0.4, 0.5) is 0 Å². The van der Waals surface area contributed by atoms with Crippen LogP contribution < -0.4 is 9.47 Å². The number of ether oxygens (including phenoxy) is 2. The lowest BCUT2D eigenvalue weighted by molar-refractivity contribution is 0.300. The van der Waals surface area contributed by atoms with Gasteiger partial charge in [-0.2, -0.15) is 0 Å². The highest BCUT2D eigenvalue weighted by molar-refractivity contribution is 7.80. The number of benzene rings is 2. The van der Waals surface area contributed by atoms with Gasteiger partial charge in [-0.1, -0.05) is 23.7 Å². The van der Waals surface area contributed by atoms with Crippen LogP contribution in [-0.2, 0) is 6.61 Å². The van der Waals surface area contributed by atoms with Crippen LogP contribution in [0.5, 0.6) is 11.5 Å². The molecule has 0 amide bonds. The third-order valence-electron chi connectivity index (χ3n) is 3.49. The Bertz CT molecular complexity index is 710. The van der Waals surface area contributed by atoms with Crippen LogP contribution in [0.25, 0.3) is 0 Å². The SMILES string of the molecule is CC(=S)Oc1cccc(Cl)c1COc1cc(C)c(C)cc1C. The number of rotatable bonds is 4. The van der Waals surface area contributed by atoms with Crippen LogP contribution in [0, 0.1) is 20.8 Å². The zero-order valence-corrected chi connectivity index (χ0v) is 14.8. The summed E-state index contributed by atoms with van der Waals surface area (Å²) in [6.45, 7) is 8.26. The van der Waals surface area contributed by atoms with E-state index in [4.69, 9.17) is 33.3 Å². The van der Waals surface area contributed by atoms with E-state index in [1.54, 1.807) is 6.92 Å². The van der Waals surface area contributed by atoms with Gasteiger partial charge >= 0.3 is 0 Å². The van der Waals surface area contributed by atoms with E-state index in [0.717, 1.165) is 16.9 Å². The number of halogens is 1. The third-order valence-corrected chi connectivity index (χ3v) is 3.93. The molecule has 0 aliphatic carbocycles. The van der Waals surface area contributed by atoms with Crippen LogP contribution in [0.1, 0.15) is 29.2 Å². The summed E-state index contributed by atoms with van der Waals surface area (Å²) in [6, 6.07) is 9.66. The van der Waals surface area contributed by atoms with Crippen molar-refractivity contribution >= 4 is 28.9 Å². The molecule has 0 N–H and O–H groups in total. The summed E-state index contributed by atoms with van der Waals surface area (Å²) in [6.07, 6.45) is 0. The molecule has 2 aromatic rings. The second-order valence-electron chi connectivity index (χ2n) is 5.30. The average molecular weight is 335 g/mol. The fourth-order valence-corrected chi connectivity index (χ4v) is 2.48. The standard InChI is InChI=1S/C18H19ClO2S/c1-11-8-13(3)18(9-12(11)2)20-10-15-16(19)6-5-7-17(15)21-14(4)22/h5-9H,10H2,1-4H3. The van der Waals surface area contributed by atoms with Crippen molar-refractivity contribution in [2.24, 2.45) is 0 Å². The molecule has 0 saturated heterocycles. The van der Waals surface area contributed by atoms with E-state index in [0.29, 0.717) is 22.4 Å². The molecule has 0 spiro atoms. The Kier molecular flexibility index (Phi) is 5.43. The molecule has 0 atom stereocenters. The zero-order valence-electron chi connectivity index (χ0n) is 13.2. The normalized spacial score (nSPS) is 10.4. The quantitative estimate of drug-likeness (QED) is 0.681. The van der Waals surface area contributed by atoms with Gasteiger partial charge < -0.3 is 9.47 Å². The molecule has 0 fully saturated rings. The topological polar surface area (TPSA) is 18.5 Å². The molecule has 2 nitrogen and oxygen atoms in total. The second-order valence-corrected chi connectivity index (χ2v) is 6.28. The monoisotopic (exact) mass is 334 g/mol. The van der Waals surface area contributed by atoms with Crippen LogP contribution in [-0.4, -0.2) is 5.05 Å². The van der Waals surface area contributed by atoms with Crippen molar-refractivity contribution < 1.29 is 9.47 Å². The first-order chi connectivity index (χ1) is 10.4. The average Bonchev–Trinajstić information content (AvgIpc) is 2.43. The van der Waals surface area contributed by atoms with Crippen molar-refractivity contribution in [2.75, 3.05) is 0 Å². The summed E-state index contributed by atoms with van der Waals surface area (Å²) in [5.41, 5.74) is 4.35. The van der Waals surface area contributed by atoms with Crippen molar-refractivity contribution in [2.45, 2.75) is 34.3 Å². The molecule has 0 radical (unpaired) electrons. The highest BCUT2D eigenvalue weighted by Crippen LogP contribution is 2.30. The van der Waals surface area contributed by atoms with E-state index < -0.39 is 0 Å². The minimum absolute atomic E-state index is 0.334. The lowest BCUT2D eigenvalue weighted by Gasteiger charge is -2.15. The van der Waals surface area contributed by atoms with Gasteiger partial charge in [-0.3, -0.25) is 0 Å². The molecular weight excluding hydrogens is 316 g/mol. The highest BCUT2D eigenvalue weighted by Gasteiger charge is 2.11. The molecule has 0 aliphatic rings. The number of thiocarbonyl (C=S) groups is 1. The van der Waals surface area contributed by atoms with Crippen LogP contribution in [0.3, 0.4) is 0 Å². The second kappa shape index (κ2) is 7.12. The Balaban J connectivity index is 2.25. The molecule has 0 unspecified atom stereocenters. The first-order valence-electron chi connectivity index (χ1n) is 7.05. The Morgan fingerprint density at radius 2 is 1.73 bits per heavy atom. The summed E-state index contributed by atoms with van der Waals surface area (Å²) < 4.78 is 11.5. The van der Waals surface area contributed by atoms with Gasteiger partial charge in [-0.05, 0) is 67.9 Å². The molecule has 0 aliphatic heterocycles. The minimum atomic E-state index is 0.334. The highest BCUT2D eigenvalue weighted by atomic mass is 35.5. The Morgan fingerprint density at radius 1 is 1.05 bits per heavy atom. The van der Waals surface area contributed by atoms with Gasteiger partial charge in [0.1, 0.15) is 18.1 Å². The maximum Gasteiger partial charge on any atom is 0.164 e. The van der Waals surface area contributed by atoms with Crippen LogP contribution >= 0.6 is 23.8 Å². The molecule has 0 bridgehead atoms. The van der Waals surface area contributed by atoms with Gasteiger partial charge in [0.15, 0.2) is 5.05 Å². The van der Waals surface area contributed by atoms with Gasteiger partial charge in [0.05, 0.1) is 10.6 Å². The lowest BCUT2D eigenvalue weighted by atomic mass is 10.1. The Hall–Kier alpha value is -1.58. The smallest absolute Gasteiger partial charge is 0.164 e. The predicted octanol–water partition coefficient (Wildman–Crippen LogP) is 5.57. The fourth-order valence-electron chi connectivity index (χ4n) is 2.17. The molecule has 0 saturated carbocycles. The van der Waals surface area contributed by atoms with Gasteiger partial charge in [0.25, 0.3) is 0 Å². The van der Waals surface area contributed by atoms with E-state index in [2.05, 4.69) is 19.9 Å². The Labute approximate surface area is 142 Å². The molecule has 0 heterocycles. The lowest BCUT2D eigenvalue weighted by Crippen LogP contribution is -2.05. The summed E-state index contributed by atoms with van der Waals surface area (Å²) >= 11 is 11.3. The molecule has 116 valence electrons. The minimum Gasteiger partial charge on any atom is -0.488 e. The third kappa shape index (κ3) is 3.99. The molecule has 0 aromatic heterocycles. The van der Waals surface area contributed by atoms with Crippen LogP contribution in [0.15, 0.2) is 30.3 Å². The molecule has 2 rings (SSSR count). The molecule has 2 aromatic carbocycles. The van der Waals surface area contributed by atoms with Crippen LogP contribution in [0.2, 0.25) is 5.02 Å². The summed E-state index contributed by atoms with van der Waals surface area (Å²) in [4.78, 5) is 0. The van der Waals surface area contributed by atoms with E-state index in [1.807, 2.05) is 31.2 Å².